The molecule has 2 aromatic heterocycles. The second-order valence-electron chi connectivity index (χ2n) is 26.3. The number of unbranched alkanes of at least 4 members (excludes halogenated alkanes) is 4. The molecule has 8 N–H and O–H groups in total. The third-order valence-corrected chi connectivity index (χ3v) is 17.8. The first-order valence-electron chi connectivity index (χ1n) is 37.1. The Hall–Kier alpha value is -12.3. The van der Waals surface area contributed by atoms with Crippen LogP contribution < -0.4 is 21.3 Å². The molecule has 17 heteroatoms. The summed E-state index contributed by atoms with van der Waals surface area (Å²) in [5, 5.41) is 42.8. The largest absolute Gasteiger partial charge is 0.508 e. The van der Waals surface area contributed by atoms with Gasteiger partial charge >= 0.3 is 0 Å². The smallest absolute Gasteiger partial charge is 0.248 e. The lowest BCUT2D eigenvalue weighted by atomic mass is 10.1. The zero-order chi connectivity index (χ0) is 79.7. The number of carbonyl (C=O) groups is 8. The van der Waals surface area contributed by atoms with Crippen molar-refractivity contribution in [2.75, 3.05) is 0 Å². The van der Waals surface area contributed by atoms with E-state index in [9.17, 15) is 53.7 Å². The predicted molar refractivity (Wildman–Crippen MR) is 449 cm³/mol. The summed E-state index contributed by atoms with van der Waals surface area (Å²) in [5.41, 5.74) is 12.4. The van der Waals surface area contributed by atoms with Crippen molar-refractivity contribution in [3.63, 3.8) is 0 Å². The number of aromatic hydroxyl groups is 3. The quantitative estimate of drug-likeness (QED) is 0.0184. The highest BCUT2D eigenvalue weighted by Crippen LogP contribution is 2.25. The van der Waals surface area contributed by atoms with E-state index in [2.05, 4.69) is 26.3 Å². The van der Waals surface area contributed by atoms with Crippen LogP contribution in [-0.2, 0) is 38.4 Å². The third-order valence-electron chi connectivity index (χ3n) is 17.0. The molecule has 9 rings (SSSR count). The summed E-state index contributed by atoms with van der Waals surface area (Å²) < 4.78 is 0. The lowest BCUT2D eigenvalue weighted by Crippen LogP contribution is -2.25. The molecule has 7 aromatic carbocycles. The molecule has 0 aliphatic heterocycles. The number of benzene rings is 7. The molecule has 4 amide bonds. The molecule has 0 unspecified atom stereocenters. The number of phenolic OH excluding ortho intramolecular Hbond substituents is 3. The summed E-state index contributed by atoms with van der Waals surface area (Å²) in [5.74, 6) is -1.16. The maximum Gasteiger partial charge on any atom is 0.248 e. The zero-order valence-electron chi connectivity index (χ0n) is 64.2. The standard InChI is InChI=1S/C24H24N2O2.2C24H27NO3.C21H23NO3S/c1-2-3-13-23(27)22(16-19-17-25-21-12-8-7-11-20(19)21)26-24(28)15-14-18-9-5-4-6-10-18;2*1-4-5-6-23(27)21(16-20-11-13-22(26)18(3)15-20)25-24(28)14-12-19-9-7-17(2)8-10-19;1-3-4-7-20(24)18(14-16-8-10-19(23)15(2)13-16)22-21(25)11-9-17-6-5-12-26-17/h4-12,14-17,25H,2-3,13H2,1H3,(H,26,28);2*7-16,26H,4-6H2,1-3H3,(H,25,28);5-6,8-14,23H,3-4,7H2,1-2H3,(H,22,25)/b15-14+,22-16-;2*14-12+,21-16-;11-9+,18-14-. The van der Waals surface area contributed by atoms with Gasteiger partial charge in [-0.1, -0.05) is 186 Å². The Kier molecular flexibility index (Phi) is 36.7. The number of H-pyrrole nitrogens is 1. The second kappa shape index (κ2) is 46.7. The fraction of sp³-hybridized carbons (Fsp3) is 0.226. The van der Waals surface area contributed by atoms with Crippen LogP contribution in [0.4, 0.5) is 0 Å². The topological polar surface area (TPSA) is 261 Å². The predicted octanol–water partition coefficient (Wildman–Crippen LogP) is 19.7. The molecule has 110 heavy (non-hydrogen) atoms. The number of amides is 4. The number of rotatable bonds is 32. The van der Waals surface area contributed by atoms with Gasteiger partial charge in [0.25, 0.3) is 0 Å². The highest BCUT2D eigenvalue weighted by atomic mass is 32.1. The number of Topliss-reactive ketones (excluding diaryl/α,β-unsaturated/α-hetero) is 4. The highest BCUT2D eigenvalue weighted by molar-refractivity contribution is 7.10. The summed E-state index contributed by atoms with van der Waals surface area (Å²) in [7, 11) is 0. The lowest BCUT2D eigenvalue weighted by molar-refractivity contribution is -0.120. The maximum absolute atomic E-state index is 12.7. The van der Waals surface area contributed by atoms with Crippen LogP contribution in [0.5, 0.6) is 17.2 Å². The van der Waals surface area contributed by atoms with Crippen molar-refractivity contribution in [3.05, 3.63) is 300 Å². The summed E-state index contributed by atoms with van der Waals surface area (Å²) in [6, 6.07) is 52.1. The molecule has 9 aromatic rings. The molecule has 570 valence electrons. The van der Waals surface area contributed by atoms with Crippen LogP contribution in [-0.4, -0.2) is 67.1 Å². The minimum Gasteiger partial charge on any atom is -0.508 e. The number of ketones is 4. The van der Waals surface area contributed by atoms with Crippen LogP contribution in [0.2, 0.25) is 0 Å². The molecule has 0 atom stereocenters. The van der Waals surface area contributed by atoms with Gasteiger partial charge in [0.2, 0.25) is 23.6 Å². The average molecular weight is 1500 g/mol. The first-order valence-corrected chi connectivity index (χ1v) is 37.9. The minimum atomic E-state index is -0.354. The molecule has 16 nitrogen and oxygen atoms in total. The number of nitrogens with one attached hydrogen (secondary N) is 5. The first-order chi connectivity index (χ1) is 52.9. The SMILES string of the molecule is CCCCC(=O)/C(=C/c1c[nH]c2ccccc12)NC(=O)/C=C/c1ccccc1.CCCCC(=O)/C(=C/c1ccc(O)c(C)c1)NC(=O)/C=C/c1ccc(C)cc1.CCCCC(=O)/C(=C/c1ccc(O)c(C)c1)NC(=O)/C=C/c1ccc(C)cc1.CCCCC(=O)/C(=C/c1ccc(O)c(C)c1)NC(=O)/C=C/c1cccs1. The minimum absolute atomic E-state index is 0.0615. The van der Waals surface area contributed by atoms with Crippen LogP contribution in [0.1, 0.15) is 176 Å². The number of aromatic amines is 1. The molecule has 2 heterocycles. The van der Waals surface area contributed by atoms with Gasteiger partial charge in [0, 0.05) is 77.5 Å². The molecule has 0 fully saturated rings. The molecular weight excluding hydrogens is 1400 g/mol. The molecule has 0 radical (unpaired) electrons. The first kappa shape index (κ1) is 86.6. The molecule has 0 bridgehead atoms. The Morgan fingerprint density at radius 1 is 0.364 bits per heavy atom. The normalized spacial score (nSPS) is 11.7. The Morgan fingerprint density at radius 3 is 1.04 bits per heavy atom. The van der Waals surface area contributed by atoms with Crippen molar-refractivity contribution in [2.45, 2.75) is 139 Å². The number of thiophene rings is 1. The number of allylic oxidation sites excluding steroid dienone is 4. The summed E-state index contributed by atoms with van der Waals surface area (Å²) in [6.07, 6.45) is 29.4. The number of hydrogen-bond acceptors (Lipinski definition) is 12. The number of carbonyl (C=O) groups excluding carboxylic acids is 8. The van der Waals surface area contributed by atoms with E-state index >= 15 is 0 Å². The monoisotopic (exact) mass is 1500 g/mol. The van der Waals surface area contributed by atoms with Crippen molar-refractivity contribution in [2.24, 2.45) is 0 Å². The van der Waals surface area contributed by atoms with Gasteiger partial charge < -0.3 is 41.6 Å². The van der Waals surface area contributed by atoms with E-state index in [0.29, 0.717) is 48.1 Å². The number of hydrogen-bond donors (Lipinski definition) is 8. The van der Waals surface area contributed by atoms with Gasteiger partial charge in [-0.05, 0) is 213 Å². The number of aryl methyl sites for hydroxylation is 5. The highest BCUT2D eigenvalue weighted by Gasteiger charge is 2.17. The van der Waals surface area contributed by atoms with Crippen molar-refractivity contribution in [1.29, 1.82) is 0 Å². The summed E-state index contributed by atoms with van der Waals surface area (Å²) >= 11 is 1.53. The molecule has 0 saturated carbocycles. The van der Waals surface area contributed by atoms with Crippen molar-refractivity contribution in [3.8, 4) is 17.2 Å². The van der Waals surface area contributed by atoms with E-state index in [1.54, 1.807) is 124 Å². The average Bonchev–Trinajstić information content (AvgIpc) is 1.63. The summed E-state index contributed by atoms with van der Waals surface area (Å²) in [6.45, 7) is 17.5. The van der Waals surface area contributed by atoms with Gasteiger partial charge in [-0.2, -0.15) is 0 Å². The van der Waals surface area contributed by atoms with E-state index in [4.69, 9.17) is 0 Å². The Bertz CT molecular complexity index is 4690. The van der Waals surface area contributed by atoms with Gasteiger partial charge in [-0.3, -0.25) is 38.4 Å². The van der Waals surface area contributed by atoms with Gasteiger partial charge in [0.15, 0.2) is 23.1 Å². The van der Waals surface area contributed by atoms with E-state index in [1.807, 2.05) is 168 Å². The molecule has 0 aliphatic rings. The second-order valence-corrected chi connectivity index (χ2v) is 27.3. The number of para-hydroxylation sites is 1. The number of phenols is 3. The van der Waals surface area contributed by atoms with Crippen LogP contribution >= 0.6 is 11.3 Å². The fourth-order valence-corrected chi connectivity index (χ4v) is 11.1. The van der Waals surface area contributed by atoms with Gasteiger partial charge in [-0.15, -0.1) is 11.3 Å². The van der Waals surface area contributed by atoms with E-state index in [0.717, 1.165) is 117 Å². The zero-order valence-corrected chi connectivity index (χ0v) is 65.1. The van der Waals surface area contributed by atoms with Crippen molar-refractivity contribution >= 4 is 118 Å². The molecule has 0 aliphatic carbocycles. The van der Waals surface area contributed by atoms with E-state index in [-0.39, 0.29) is 81.1 Å². The maximum atomic E-state index is 12.7. The van der Waals surface area contributed by atoms with Crippen molar-refractivity contribution < 1.29 is 53.7 Å². The fourth-order valence-electron chi connectivity index (χ4n) is 10.5. The van der Waals surface area contributed by atoms with E-state index in [1.165, 1.54) is 35.6 Å². The van der Waals surface area contributed by atoms with Gasteiger partial charge in [0.1, 0.15) is 17.2 Å². The van der Waals surface area contributed by atoms with Gasteiger partial charge in [0.05, 0.1) is 22.8 Å². The Labute approximate surface area is 650 Å². The summed E-state index contributed by atoms with van der Waals surface area (Å²) in [4.78, 5) is 104. The Morgan fingerprint density at radius 2 is 0.691 bits per heavy atom. The van der Waals surface area contributed by atoms with Crippen LogP contribution in [0.3, 0.4) is 0 Å². The van der Waals surface area contributed by atoms with Crippen LogP contribution in [0, 0.1) is 34.6 Å². The van der Waals surface area contributed by atoms with Crippen LogP contribution in [0.15, 0.2) is 229 Å². The van der Waals surface area contributed by atoms with Gasteiger partial charge in [-0.25, -0.2) is 0 Å². The molecule has 0 spiro atoms. The van der Waals surface area contributed by atoms with Crippen LogP contribution in [0.25, 0.3) is 59.5 Å². The molecular formula is C93H101N5O11S. The lowest BCUT2D eigenvalue weighted by Gasteiger charge is -2.08. The Balaban J connectivity index is 0.000000229. The molecule has 0 saturated heterocycles. The number of fused-ring (bicyclic) bond motifs is 1. The van der Waals surface area contributed by atoms with E-state index < -0.39 is 0 Å². The third kappa shape index (κ3) is 31.2. The van der Waals surface area contributed by atoms with Crippen molar-refractivity contribution in [1.82, 2.24) is 26.3 Å². The number of aromatic nitrogens is 1.